The molecule has 0 aliphatic heterocycles. The third-order valence-electron chi connectivity index (χ3n) is 3.70. The molecule has 2 aromatic rings. The standard InChI is InChI=1S/C16H19FN4O2S2/c17-13-4-2-1-3-11(13)9-24-8-7-18-14(22)10-25-16-20-19-15(23)21(16)12-5-6-12/h1-4,12H,5-10H2,(H,18,22)(H,19,23). The first kappa shape index (κ1) is 18.1. The van der Waals surface area contributed by atoms with Gasteiger partial charge in [-0.2, -0.15) is 11.8 Å². The Morgan fingerprint density at radius 2 is 2.20 bits per heavy atom. The van der Waals surface area contributed by atoms with Gasteiger partial charge in [0, 0.05) is 24.1 Å². The summed E-state index contributed by atoms with van der Waals surface area (Å²) in [6.07, 6.45) is 1.97. The highest BCUT2D eigenvalue weighted by molar-refractivity contribution is 7.99. The van der Waals surface area contributed by atoms with Gasteiger partial charge in [-0.15, -0.1) is 5.10 Å². The Balaban J connectivity index is 1.33. The highest BCUT2D eigenvalue weighted by Gasteiger charge is 2.28. The zero-order chi connectivity index (χ0) is 17.6. The van der Waals surface area contributed by atoms with Gasteiger partial charge in [-0.1, -0.05) is 30.0 Å². The fourth-order valence-corrected chi connectivity index (χ4v) is 3.98. The first-order valence-corrected chi connectivity index (χ1v) is 10.2. The second-order valence-corrected chi connectivity index (χ2v) is 7.74. The Morgan fingerprint density at radius 1 is 1.40 bits per heavy atom. The van der Waals surface area contributed by atoms with Crippen molar-refractivity contribution in [2.45, 2.75) is 29.8 Å². The molecule has 1 heterocycles. The van der Waals surface area contributed by atoms with Gasteiger partial charge in [0.25, 0.3) is 0 Å². The molecule has 1 aromatic heterocycles. The molecule has 0 saturated heterocycles. The Bertz CT molecular complexity index is 788. The lowest BCUT2D eigenvalue weighted by Gasteiger charge is -2.06. The number of H-pyrrole nitrogens is 1. The van der Waals surface area contributed by atoms with Crippen LogP contribution < -0.4 is 11.0 Å². The Morgan fingerprint density at radius 3 is 2.96 bits per heavy atom. The van der Waals surface area contributed by atoms with Crippen molar-refractivity contribution >= 4 is 29.4 Å². The number of aromatic amines is 1. The molecule has 25 heavy (non-hydrogen) atoms. The van der Waals surface area contributed by atoms with Gasteiger partial charge >= 0.3 is 5.69 Å². The topological polar surface area (TPSA) is 79.8 Å². The number of benzene rings is 1. The number of thioether (sulfide) groups is 2. The smallest absolute Gasteiger partial charge is 0.344 e. The number of halogens is 1. The Hall–Kier alpha value is -1.74. The highest BCUT2D eigenvalue weighted by Crippen LogP contribution is 2.35. The molecule has 134 valence electrons. The number of carbonyl (C=O) groups is 1. The van der Waals surface area contributed by atoms with E-state index in [0.717, 1.165) is 12.8 Å². The van der Waals surface area contributed by atoms with Crippen LogP contribution in [0.5, 0.6) is 0 Å². The second-order valence-electron chi connectivity index (χ2n) is 5.70. The molecular weight excluding hydrogens is 363 g/mol. The molecule has 1 saturated carbocycles. The van der Waals surface area contributed by atoms with Crippen LogP contribution in [0.3, 0.4) is 0 Å². The van der Waals surface area contributed by atoms with Crippen LogP contribution in [-0.4, -0.2) is 38.7 Å². The third-order valence-corrected chi connectivity index (χ3v) is 5.66. The maximum absolute atomic E-state index is 13.5. The summed E-state index contributed by atoms with van der Waals surface area (Å²) in [4.78, 5) is 23.5. The largest absolute Gasteiger partial charge is 0.355 e. The molecule has 1 aromatic carbocycles. The molecule has 1 aliphatic carbocycles. The minimum absolute atomic E-state index is 0.103. The number of hydrogen-bond acceptors (Lipinski definition) is 5. The summed E-state index contributed by atoms with van der Waals surface area (Å²) in [6, 6.07) is 6.93. The number of rotatable bonds is 9. The molecular formula is C16H19FN4O2S2. The molecule has 2 N–H and O–H groups in total. The van der Waals surface area contributed by atoms with Crippen molar-refractivity contribution in [1.82, 2.24) is 20.1 Å². The SMILES string of the molecule is O=C(CSc1n[nH]c(=O)n1C1CC1)NCCSCc1ccccc1F. The number of amides is 1. The lowest BCUT2D eigenvalue weighted by Crippen LogP contribution is -2.27. The van der Waals surface area contributed by atoms with Crippen molar-refractivity contribution in [3.8, 4) is 0 Å². The van der Waals surface area contributed by atoms with Crippen LogP contribution in [0.1, 0.15) is 24.4 Å². The van der Waals surface area contributed by atoms with E-state index in [9.17, 15) is 14.0 Å². The lowest BCUT2D eigenvalue weighted by atomic mass is 10.2. The van der Waals surface area contributed by atoms with Gasteiger partial charge in [-0.25, -0.2) is 14.3 Å². The van der Waals surface area contributed by atoms with Crippen LogP contribution in [0, 0.1) is 5.82 Å². The van der Waals surface area contributed by atoms with Crippen LogP contribution in [-0.2, 0) is 10.5 Å². The molecule has 0 spiro atoms. The van der Waals surface area contributed by atoms with E-state index in [1.165, 1.54) is 17.8 Å². The van der Waals surface area contributed by atoms with E-state index in [1.54, 1.807) is 28.5 Å². The number of hydrogen-bond donors (Lipinski definition) is 2. The van der Waals surface area contributed by atoms with Crippen molar-refractivity contribution in [2.24, 2.45) is 0 Å². The van der Waals surface area contributed by atoms with Crippen LogP contribution in [0.2, 0.25) is 0 Å². The number of nitrogens with one attached hydrogen (secondary N) is 2. The van der Waals surface area contributed by atoms with Gasteiger partial charge < -0.3 is 5.32 Å². The monoisotopic (exact) mass is 382 g/mol. The molecule has 0 unspecified atom stereocenters. The predicted octanol–water partition coefficient (Wildman–Crippen LogP) is 2.19. The average Bonchev–Trinajstić information content (AvgIpc) is 3.37. The number of aromatic nitrogens is 3. The summed E-state index contributed by atoms with van der Waals surface area (Å²) < 4.78 is 15.1. The summed E-state index contributed by atoms with van der Waals surface area (Å²) >= 11 is 2.83. The van der Waals surface area contributed by atoms with E-state index in [4.69, 9.17) is 0 Å². The lowest BCUT2D eigenvalue weighted by molar-refractivity contribution is -0.118. The van der Waals surface area contributed by atoms with Gasteiger partial charge in [-0.05, 0) is 24.5 Å². The van der Waals surface area contributed by atoms with Gasteiger partial charge in [0.05, 0.1) is 5.75 Å². The van der Waals surface area contributed by atoms with Crippen LogP contribution in [0.15, 0.2) is 34.2 Å². The molecule has 1 amide bonds. The van der Waals surface area contributed by atoms with Gasteiger partial charge in [-0.3, -0.25) is 9.36 Å². The fraction of sp³-hybridized carbons (Fsp3) is 0.438. The summed E-state index contributed by atoms with van der Waals surface area (Å²) in [6.45, 7) is 0.522. The quantitative estimate of drug-likeness (QED) is 0.513. The minimum Gasteiger partial charge on any atom is -0.355 e. The first-order valence-electron chi connectivity index (χ1n) is 8.02. The fourth-order valence-electron chi connectivity index (χ4n) is 2.29. The van der Waals surface area contributed by atoms with Crippen LogP contribution >= 0.6 is 23.5 Å². The summed E-state index contributed by atoms with van der Waals surface area (Å²) in [5, 5.41) is 9.79. The van der Waals surface area contributed by atoms with E-state index in [-0.39, 0.29) is 29.2 Å². The summed E-state index contributed by atoms with van der Waals surface area (Å²) in [7, 11) is 0. The molecule has 9 heteroatoms. The van der Waals surface area contributed by atoms with E-state index in [2.05, 4.69) is 15.5 Å². The van der Waals surface area contributed by atoms with Gasteiger partial charge in [0.1, 0.15) is 5.82 Å². The van der Waals surface area contributed by atoms with E-state index >= 15 is 0 Å². The Labute approximate surface area is 153 Å². The predicted molar refractivity (Wildman–Crippen MR) is 97.4 cm³/mol. The number of nitrogens with zero attached hydrogens (tertiary/aromatic N) is 2. The summed E-state index contributed by atoms with van der Waals surface area (Å²) in [5.74, 6) is 1.21. The van der Waals surface area contributed by atoms with E-state index in [0.29, 0.717) is 28.8 Å². The first-order chi connectivity index (χ1) is 12.1. The van der Waals surface area contributed by atoms with E-state index in [1.807, 2.05) is 6.07 Å². The van der Waals surface area contributed by atoms with Crippen molar-refractivity contribution < 1.29 is 9.18 Å². The number of carbonyl (C=O) groups excluding carboxylic acids is 1. The molecule has 0 radical (unpaired) electrons. The van der Waals surface area contributed by atoms with Crippen molar-refractivity contribution in [3.63, 3.8) is 0 Å². The summed E-state index contributed by atoms with van der Waals surface area (Å²) in [5.41, 5.74) is 0.459. The normalized spacial score (nSPS) is 13.8. The maximum atomic E-state index is 13.5. The highest BCUT2D eigenvalue weighted by atomic mass is 32.2. The van der Waals surface area contributed by atoms with Gasteiger partial charge in [0.2, 0.25) is 5.91 Å². The zero-order valence-electron chi connectivity index (χ0n) is 13.5. The molecule has 1 fully saturated rings. The van der Waals surface area contributed by atoms with E-state index < -0.39 is 0 Å². The minimum atomic E-state index is -0.213. The van der Waals surface area contributed by atoms with Crippen LogP contribution in [0.4, 0.5) is 4.39 Å². The molecule has 0 bridgehead atoms. The molecule has 1 aliphatic rings. The van der Waals surface area contributed by atoms with Crippen molar-refractivity contribution in [3.05, 3.63) is 46.1 Å². The molecule has 3 rings (SSSR count). The second kappa shape index (κ2) is 8.57. The zero-order valence-corrected chi connectivity index (χ0v) is 15.2. The van der Waals surface area contributed by atoms with Crippen molar-refractivity contribution in [1.29, 1.82) is 0 Å². The van der Waals surface area contributed by atoms with Gasteiger partial charge in [0.15, 0.2) is 5.16 Å². The molecule has 6 nitrogen and oxygen atoms in total. The Kier molecular flexibility index (Phi) is 6.19. The maximum Gasteiger partial charge on any atom is 0.344 e. The van der Waals surface area contributed by atoms with Crippen LogP contribution in [0.25, 0.3) is 0 Å². The molecule has 0 atom stereocenters. The van der Waals surface area contributed by atoms with Crippen molar-refractivity contribution in [2.75, 3.05) is 18.1 Å². The average molecular weight is 382 g/mol. The third kappa shape index (κ3) is 5.12.